The molecule has 0 radical (unpaired) electrons. The van der Waals surface area contributed by atoms with Crippen molar-refractivity contribution in [1.29, 1.82) is 0 Å². The van der Waals surface area contributed by atoms with Crippen LogP contribution in [-0.2, 0) is 4.74 Å². The highest BCUT2D eigenvalue weighted by atomic mass is 16.6. The maximum atomic E-state index is 11.3. The molecule has 24 heavy (non-hydrogen) atoms. The van der Waals surface area contributed by atoms with E-state index in [1.165, 1.54) is 12.8 Å². The van der Waals surface area contributed by atoms with Gasteiger partial charge >= 0.3 is 0 Å². The van der Waals surface area contributed by atoms with Crippen molar-refractivity contribution >= 4 is 17.1 Å². The zero-order valence-corrected chi connectivity index (χ0v) is 14.1. The normalized spacial score (nSPS) is 18.8. The number of rotatable bonds is 7. The number of benzene rings is 1. The largest absolute Gasteiger partial charge is 0.379 e. The van der Waals surface area contributed by atoms with Crippen LogP contribution in [0.2, 0.25) is 0 Å². The lowest BCUT2D eigenvalue weighted by Crippen LogP contribution is -2.37. The summed E-state index contributed by atoms with van der Waals surface area (Å²) in [6.45, 7) is 7.36. The van der Waals surface area contributed by atoms with E-state index in [1.54, 1.807) is 6.07 Å². The molecule has 0 aromatic heterocycles. The maximum absolute atomic E-state index is 11.3. The van der Waals surface area contributed by atoms with Crippen LogP contribution in [0.4, 0.5) is 17.1 Å². The van der Waals surface area contributed by atoms with Gasteiger partial charge in [-0.1, -0.05) is 0 Å². The van der Waals surface area contributed by atoms with E-state index in [9.17, 15) is 10.1 Å². The molecule has 0 aliphatic carbocycles. The zero-order chi connectivity index (χ0) is 16.8. The molecule has 2 saturated heterocycles. The lowest BCUT2D eigenvalue weighted by atomic mass is 10.2. The molecule has 1 aromatic carbocycles. The van der Waals surface area contributed by atoms with Crippen molar-refractivity contribution in [3.8, 4) is 0 Å². The minimum absolute atomic E-state index is 0.157. The molecule has 0 bridgehead atoms. The quantitative estimate of drug-likeness (QED) is 0.469. The Bertz CT molecular complexity index is 555. The summed E-state index contributed by atoms with van der Waals surface area (Å²) < 4.78 is 5.34. The minimum Gasteiger partial charge on any atom is -0.379 e. The SMILES string of the molecule is O=[N+]([O-])c1ccc(N2CCCC2)cc1NCCCN1CCOCC1. The van der Waals surface area contributed by atoms with Gasteiger partial charge in [0.05, 0.1) is 18.1 Å². The first-order valence-corrected chi connectivity index (χ1v) is 8.81. The van der Waals surface area contributed by atoms with Gasteiger partial charge in [-0.25, -0.2) is 0 Å². The number of nitro benzene ring substituents is 1. The number of ether oxygens (including phenoxy) is 1. The van der Waals surface area contributed by atoms with Crippen molar-refractivity contribution in [1.82, 2.24) is 4.90 Å². The fraction of sp³-hybridized carbons (Fsp3) is 0.647. The molecular formula is C17H26N4O3. The smallest absolute Gasteiger partial charge is 0.292 e. The third kappa shape index (κ3) is 4.36. The van der Waals surface area contributed by atoms with Gasteiger partial charge in [-0.3, -0.25) is 15.0 Å². The second-order valence-corrected chi connectivity index (χ2v) is 6.39. The average Bonchev–Trinajstić information content (AvgIpc) is 3.14. The van der Waals surface area contributed by atoms with Crippen LogP contribution in [0.25, 0.3) is 0 Å². The predicted molar refractivity (Wildman–Crippen MR) is 94.9 cm³/mol. The monoisotopic (exact) mass is 334 g/mol. The molecule has 0 saturated carbocycles. The highest BCUT2D eigenvalue weighted by molar-refractivity contribution is 5.69. The summed E-state index contributed by atoms with van der Waals surface area (Å²) in [6, 6.07) is 5.42. The molecule has 7 heteroatoms. The third-order valence-electron chi connectivity index (χ3n) is 4.72. The zero-order valence-electron chi connectivity index (χ0n) is 14.1. The third-order valence-corrected chi connectivity index (χ3v) is 4.72. The summed E-state index contributed by atoms with van der Waals surface area (Å²) in [5, 5.41) is 14.5. The summed E-state index contributed by atoms with van der Waals surface area (Å²) in [5.41, 5.74) is 1.87. The van der Waals surface area contributed by atoms with Crippen molar-refractivity contribution in [3.05, 3.63) is 28.3 Å². The van der Waals surface area contributed by atoms with E-state index in [4.69, 9.17) is 4.74 Å². The van der Waals surface area contributed by atoms with Crippen LogP contribution in [0.5, 0.6) is 0 Å². The van der Waals surface area contributed by atoms with E-state index in [0.717, 1.165) is 64.6 Å². The van der Waals surface area contributed by atoms with E-state index < -0.39 is 0 Å². The lowest BCUT2D eigenvalue weighted by Gasteiger charge is -2.26. The molecule has 3 rings (SSSR count). The van der Waals surface area contributed by atoms with Gasteiger partial charge in [0.15, 0.2) is 0 Å². The number of nitrogens with one attached hydrogen (secondary N) is 1. The number of nitrogens with zero attached hydrogens (tertiary/aromatic N) is 3. The summed E-state index contributed by atoms with van der Waals surface area (Å²) in [4.78, 5) is 15.6. The summed E-state index contributed by atoms with van der Waals surface area (Å²) in [5.74, 6) is 0. The topological polar surface area (TPSA) is 70.9 Å². The Morgan fingerprint density at radius 1 is 1.17 bits per heavy atom. The van der Waals surface area contributed by atoms with Crippen LogP contribution in [0.3, 0.4) is 0 Å². The van der Waals surface area contributed by atoms with Crippen molar-refractivity contribution in [2.24, 2.45) is 0 Å². The van der Waals surface area contributed by atoms with E-state index in [2.05, 4.69) is 15.1 Å². The number of hydrogen-bond acceptors (Lipinski definition) is 6. The summed E-state index contributed by atoms with van der Waals surface area (Å²) >= 11 is 0. The van der Waals surface area contributed by atoms with Gasteiger partial charge in [-0.2, -0.15) is 0 Å². The van der Waals surface area contributed by atoms with Gasteiger partial charge in [0.2, 0.25) is 0 Å². The molecular weight excluding hydrogens is 308 g/mol. The van der Waals surface area contributed by atoms with Crippen LogP contribution >= 0.6 is 0 Å². The molecule has 0 atom stereocenters. The molecule has 1 aromatic rings. The van der Waals surface area contributed by atoms with Crippen LogP contribution in [0.15, 0.2) is 18.2 Å². The van der Waals surface area contributed by atoms with Gasteiger partial charge in [-0.15, -0.1) is 0 Å². The fourth-order valence-electron chi connectivity index (χ4n) is 3.35. The number of nitro groups is 1. The van der Waals surface area contributed by atoms with Gasteiger partial charge < -0.3 is 15.0 Å². The molecule has 2 fully saturated rings. The van der Waals surface area contributed by atoms with Crippen LogP contribution in [0, 0.1) is 10.1 Å². The standard InChI is InChI=1S/C17H26N4O3/c22-21(23)17-5-4-15(20-8-1-2-9-20)14-16(17)18-6-3-7-19-10-12-24-13-11-19/h4-5,14,18H,1-3,6-13H2. The van der Waals surface area contributed by atoms with Crippen molar-refractivity contribution in [2.45, 2.75) is 19.3 Å². The molecule has 2 aliphatic rings. The minimum atomic E-state index is -0.307. The Hall–Kier alpha value is -1.86. The van der Waals surface area contributed by atoms with Crippen LogP contribution in [0.1, 0.15) is 19.3 Å². The first-order chi connectivity index (χ1) is 11.7. The Balaban J connectivity index is 1.57. The Kier molecular flexibility index (Phi) is 5.87. The fourth-order valence-corrected chi connectivity index (χ4v) is 3.35. The van der Waals surface area contributed by atoms with Crippen molar-refractivity contribution in [2.75, 3.05) is 62.7 Å². The highest BCUT2D eigenvalue weighted by Gasteiger charge is 2.18. The second-order valence-electron chi connectivity index (χ2n) is 6.39. The van der Waals surface area contributed by atoms with Crippen molar-refractivity contribution < 1.29 is 9.66 Å². The summed E-state index contributed by atoms with van der Waals surface area (Å²) in [7, 11) is 0. The lowest BCUT2D eigenvalue weighted by molar-refractivity contribution is -0.383. The Morgan fingerprint density at radius 3 is 2.62 bits per heavy atom. The van der Waals surface area contributed by atoms with Crippen LogP contribution < -0.4 is 10.2 Å². The van der Waals surface area contributed by atoms with Gasteiger partial charge in [0.1, 0.15) is 5.69 Å². The maximum Gasteiger partial charge on any atom is 0.292 e. The first-order valence-electron chi connectivity index (χ1n) is 8.81. The van der Waals surface area contributed by atoms with Crippen LogP contribution in [-0.4, -0.2) is 62.3 Å². The molecule has 1 N–H and O–H groups in total. The highest BCUT2D eigenvalue weighted by Crippen LogP contribution is 2.31. The number of morpholine rings is 1. The van der Waals surface area contributed by atoms with Gasteiger partial charge in [-0.05, 0) is 37.9 Å². The van der Waals surface area contributed by atoms with E-state index in [0.29, 0.717) is 5.69 Å². The molecule has 0 unspecified atom stereocenters. The molecule has 2 heterocycles. The van der Waals surface area contributed by atoms with E-state index >= 15 is 0 Å². The number of anilines is 2. The summed E-state index contributed by atoms with van der Waals surface area (Å²) in [6.07, 6.45) is 3.35. The average molecular weight is 334 g/mol. The molecule has 0 amide bonds. The number of hydrogen-bond donors (Lipinski definition) is 1. The van der Waals surface area contributed by atoms with Crippen molar-refractivity contribution in [3.63, 3.8) is 0 Å². The molecule has 132 valence electrons. The Labute approximate surface area is 142 Å². The second kappa shape index (κ2) is 8.30. The first kappa shape index (κ1) is 17.0. The predicted octanol–water partition coefficient (Wildman–Crippen LogP) is 2.33. The van der Waals surface area contributed by atoms with E-state index in [1.807, 2.05) is 12.1 Å². The molecule has 0 spiro atoms. The van der Waals surface area contributed by atoms with Gasteiger partial charge in [0, 0.05) is 44.5 Å². The molecule has 7 nitrogen and oxygen atoms in total. The van der Waals surface area contributed by atoms with E-state index in [-0.39, 0.29) is 10.6 Å². The molecule has 2 aliphatic heterocycles. The Morgan fingerprint density at radius 2 is 1.92 bits per heavy atom. The van der Waals surface area contributed by atoms with Gasteiger partial charge in [0.25, 0.3) is 5.69 Å².